The Morgan fingerprint density at radius 2 is 1.83 bits per heavy atom. The van der Waals surface area contributed by atoms with Crippen molar-refractivity contribution in [1.29, 1.82) is 0 Å². The van der Waals surface area contributed by atoms with Crippen molar-refractivity contribution in [2.45, 2.75) is 32.7 Å². The van der Waals surface area contributed by atoms with Gasteiger partial charge in [0, 0.05) is 6.04 Å². The molecule has 1 N–H and O–H groups in total. The monoisotopic (exact) mass is 259 g/mol. The van der Waals surface area contributed by atoms with Gasteiger partial charge in [0.1, 0.15) is 0 Å². The number of nitrogens with one attached hydrogen (secondary N) is 1. The third-order valence-corrected chi connectivity index (χ3v) is 3.99. The van der Waals surface area contributed by atoms with Gasteiger partial charge in [-0.3, -0.25) is 0 Å². The van der Waals surface area contributed by atoms with E-state index in [0.29, 0.717) is 6.04 Å². The second-order valence-corrected chi connectivity index (χ2v) is 5.32. The zero-order valence-corrected chi connectivity index (χ0v) is 12.0. The van der Waals surface area contributed by atoms with Crippen LogP contribution in [0.2, 0.25) is 0 Å². The average molecular weight is 259 g/mol. The molecule has 0 fully saturated rings. The fraction of sp³-hybridized carbons (Fsp3) is 0.375. The molecule has 1 unspecified atom stereocenters. The van der Waals surface area contributed by atoms with Crippen molar-refractivity contribution in [2.75, 3.05) is 6.54 Å². The molecule has 0 aliphatic rings. The van der Waals surface area contributed by atoms with Crippen LogP contribution in [0, 0.1) is 0 Å². The molecule has 0 aliphatic carbocycles. The fourth-order valence-electron chi connectivity index (χ4n) is 2.18. The first-order valence-corrected chi connectivity index (χ1v) is 7.61. The zero-order valence-electron chi connectivity index (χ0n) is 11.1. The minimum absolute atomic E-state index is 0.426. The molecule has 1 heterocycles. The van der Waals surface area contributed by atoms with Crippen molar-refractivity contribution < 1.29 is 0 Å². The lowest BCUT2D eigenvalue weighted by atomic mass is 9.99. The first-order chi connectivity index (χ1) is 8.83. The smallest absolute Gasteiger partial charge is 0.0361 e. The topological polar surface area (TPSA) is 12.0 Å². The van der Waals surface area contributed by atoms with Crippen LogP contribution < -0.4 is 5.32 Å². The van der Waals surface area contributed by atoms with E-state index < -0.39 is 0 Å². The second kappa shape index (κ2) is 6.72. The number of thiophene rings is 1. The summed E-state index contributed by atoms with van der Waals surface area (Å²) in [4.78, 5) is 0. The van der Waals surface area contributed by atoms with E-state index in [1.54, 1.807) is 11.3 Å². The summed E-state index contributed by atoms with van der Waals surface area (Å²) in [6.07, 6.45) is 2.18. The van der Waals surface area contributed by atoms with Crippen molar-refractivity contribution >= 4 is 11.3 Å². The lowest BCUT2D eigenvalue weighted by molar-refractivity contribution is 0.550. The summed E-state index contributed by atoms with van der Waals surface area (Å²) in [6.45, 7) is 5.37. The Morgan fingerprint density at radius 3 is 2.39 bits per heavy atom. The van der Waals surface area contributed by atoms with Crippen LogP contribution >= 0.6 is 11.3 Å². The molecule has 1 nitrogen and oxygen atoms in total. The van der Waals surface area contributed by atoms with E-state index in [2.05, 4.69) is 60.3 Å². The van der Waals surface area contributed by atoms with Gasteiger partial charge >= 0.3 is 0 Å². The van der Waals surface area contributed by atoms with Crippen molar-refractivity contribution in [1.82, 2.24) is 5.32 Å². The van der Waals surface area contributed by atoms with Crippen molar-refractivity contribution in [3.63, 3.8) is 0 Å². The molecule has 0 aliphatic heterocycles. The van der Waals surface area contributed by atoms with Crippen LogP contribution in [-0.2, 0) is 12.8 Å². The highest BCUT2D eigenvalue weighted by Gasteiger charge is 2.11. The first-order valence-electron chi connectivity index (χ1n) is 6.66. The van der Waals surface area contributed by atoms with Crippen molar-refractivity contribution in [3.8, 4) is 0 Å². The molecule has 0 saturated carbocycles. The summed E-state index contributed by atoms with van der Waals surface area (Å²) in [5.41, 5.74) is 4.22. The van der Waals surface area contributed by atoms with Gasteiger partial charge in [-0.15, -0.1) is 0 Å². The normalized spacial score (nSPS) is 12.6. The zero-order chi connectivity index (χ0) is 12.8. The standard InChI is InChI=1S/C16H21NS/c1-3-13-5-7-15(8-6-13)16(17-4-2)11-14-9-10-18-12-14/h5-10,12,16-17H,3-4,11H2,1-2H3. The molecule has 1 atom stereocenters. The molecule has 2 rings (SSSR count). The van der Waals surface area contributed by atoms with Gasteiger partial charge in [0.05, 0.1) is 0 Å². The summed E-state index contributed by atoms with van der Waals surface area (Å²) < 4.78 is 0. The van der Waals surface area contributed by atoms with E-state index in [1.165, 1.54) is 16.7 Å². The quantitative estimate of drug-likeness (QED) is 0.819. The lowest BCUT2D eigenvalue weighted by Gasteiger charge is -2.18. The van der Waals surface area contributed by atoms with Crippen molar-refractivity contribution in [3.05, 3.63) is 57.8 Å². The van der Waals surface area contributed by atoms with Crippen LogP contribution in [0.1, 0.15) is 36.6 Å². The van der Waals surface area contributed by atoms with Crippen LogP contribution in [-0.4, -0.2) is 6.54 Å². The van der Waals surface area contributed by atoms with Gasteiger partial charge in [0.25, 0.3) is 0 Å². The van der Waals surface area contributed by atoms with Gasteiger partial charge in [0.2, 0.25) is 0 Å². The lowest BCUT2D eigenvalue weighted by Crippen LogP contribution is -2.22. The summed E-state index contributed by atoms with van der Waals surface area (Å²) >= 11 is 1.77. The minimum atomic E-state index is 0.426. The SMILES string of the molecule is CCNC(Cc1ccsc1)c1ccc(CC)cc1. The molecule has 0 saturated heterocycles. The van der Waals surface area contributed by atoms with E-state index in [-0.39, 0.29) is 0 Å². The number of benzene rings is 1. The Bertz CT molecular complexity index is 444. The molecule has 1 aromatic heterocycles. The highest BCUT2D eigenvalue weighted by Crippen LogP contribution is 2.20. The predicted octanol–water partition coefficient (Wildman–Crippen LogP) is 4.20. The third kappa shape index (κ3) is 3.44. The fourth-order valence-corrected chi connectivity index (χ4v) is 2.87. The van der Waals surface area contributed by atoms with Crippen LogP contribution in [0.3, 0.4) is 0 Å². The largest absolute Gasteiger partial charge is 0.310 e. The van der Waals surface area contributed by atoms with Gasteiger partial charge in [-0.25, -0.2) is 0 Å². The summed E-state index contributed by atoms with van der Waals surface area (Å²) in [5.74, 6) is 0. The minimum Gasteiger partial charge on any atom is -0.310 e. The Morgan fingerprint density at radius 1 is 1.06 bits per heavy atom. The van der Waals surface area contributed by atoms with Gasteiger partial charge in [0.15, 0.2) is 0 Å². The highest BCUT2D eigenvalue weighted by atomic mass is 32.1. The number of hydrogen-bond donors (Lipinski definition) is 1. The average Bonchev–Trinajstić information content (AvgIpc) is 2.91. The number of likely N-dealkylation sites (N-methyl/N-ethyl adjacent to an activating group) is 1. The molecule has 1 aromatic carbocycles. The van der Waals surface area contributed by atoms with E-state index >= 15 is 0 Å². The maximum absolute atomic E-state index is 3.58. The van der Waals surface area contributed by atoms with Crippen molar-refractivity contribution in [2.24, 2.45) is 0 Å². The van der Waals surface area contributed by atoms with Gasteiger partial charge in [-0.05, 0) is 52.9 Å². The molecule has 2 aromatic rings. The summed E-state index contributed by atoms with van der Waals surface area (Å²) in [5, 5.41) is 7.97. The predicted molar refractivity (Wildman–Crippen MR) is 80.3 cm³/mol. The van der Waals surface area contributed by atoms with E-state index in [4.69, 9.17) is 0 Å². The maximum Gasteiger partial charge on any atom is 0.0361 e. The first kappa shape index (κ1) is 13.3. The van der Waals surface area contributed by atoms with E-state index in [1.807, 2.05) is 0 Å². The molecule has 2 heteroatoms. The highest BCUT2D eigenvalue weighted by molar-refractivity contribution is 7.07. The number of aryl methyl sites for hydroxylation is 1. The Labute approximate surface area is 114 Å². The number of rotatable bonds is 6. The van der Waals surface area contributed by atoms with E-state index in [9.17, 15) is 0 Å². The van der Waals surface area contributed by atoms with Crippen LogP contribution in [0.25, 0.3) is 0 Å². The molecule has 96 valence electrons. The van der Waals surface area contributed by atoms with Gasteiger partial charge in [-0.1, -0.05) is 38.1 Å². The molecular formula is C16H21NS. The molecule has 0 amide bonds. The molecule has 18 heavy (non-hydrogen) atoms. The van der Waals surface area contributed by atoms with E-state index in [0.717, 1.165) is 19.4 Å². The van der Waals surface area contributed by atoms with Crippen LogP contribution in [0.5, 0.6) is 0 Å². The van der Waals surface area contributed by atoms with Gasteiger partial charge in [-0.2, -0.15) is 11.3 Å². The number of hydrogen-bond acceptors (Lipinski definition) is 2. The molecule has 0 radical (unpaired) electrons. The van der Waals surface area contributed by atoms with Crippen LogP contribution in [0.4, 0.5) is 0 Å². The second-order valence-electron chi connectivity index (χ2n) is 4.54. The third-order valence-electron chi connectivity index (χ3n) is 3.26. The molecule has 0 spiro atoms. The van der Waals surface area contributed by atoms with Gasteiger partial charge < -0.3 is 5.32 Å². The van der Waals surface area contributed by atoms with Crippen LogP contribution in [0.15, 0.2) is 41.1 Å². The summed E-state index contributed by atoms with van der Waals surface area (Å²) in [6, 6.07) is 11.7. The maximum atomic E-state index is 3.58. The molecular weight excluding hydrogens is 238 g/mol. The molecule has 0 bridgehead atoms. The Hall–Kier alpha value is -1.12. The summed E-state index contributed by atoms with van der Waals surface area (Å²) in [7, 11) is 0. The Balaban J connectivity index is 2.12. The Kier molecular flexibility index (Phi) is 4.97.